The predicted octanol–water partition coefficient (Wildman–Crippen LogP) is 3.40. The Hall–Kier alpha value is -5.47. The molecule has 258 valence electrons. The van der Waals surface area contributed by atoms with Gasteiger partial charge >= 0.3 is 18.0 Å². The first-order chi connectivity index (χ1) is 23.4. The van der Waals surface area contributed by atoms with Crippen molar-refractivity contribution < 1.29 is 38.5 Å². The minimum absolute atomic E-state index is 0.0683. The number of aromatic amines is 1. The first kappa shape index (κ1) is 36.4. The second kappa shape index (κ2) is 17.1. The number of ether oxygens (including phenoxy) is 3. The SMILES string of the molecule is COC(=O)NC(C(=O)OCOC(=O)C(O)CC(Cc1ccc(-c2cccc(Cl)c2)cc1)NC(=O)c1cc(=O)n(-c2ccccn2)[nH]1)C(C)C. The number of amides is 2. The number of methoxy groups -OCH3 is 1. The van der Waals surface area contributed by atoms with Crippen molar-refractivity contribution in [1.82, 2.24) is 25.4 Å². The lowest BCUT2D eigenvalue weighted by atomic mass is 9.97. The van der Waals surface area contributed by atoms with Crippen LogP contribution >= 0.6 is 11.6 Å². The molecule has 2 aromatic carbocycles. The van der Waals surface area contributed by atoms with Gasteiger partial charge in [-0.15, -0.1) is 0 Å². The van der Waals surface area contributed by atoms with Crippen molar-refractivity contribution in [2.24, 2.45) is 5.92 Å². The molecule has 3 unspecified atom stereocenters. The lowest BCUT2D eigenvalue weighted by molar-refractivity contribution is -0.175. The Morgan fingerprint density at radius 1 is 0.939 bits per heavy atom. The van der Waals surface area contributed by atoms with Gasteiger partial charge in [0.05, 0.1) is 7.11 Å². The molecular weight excluding hydrogens is 658 g/mol. The van der Waals surface area contributed by atoms with E-state index in [0.29, 0.717) is 5.02 Å². The largest absolute Gasteiger partial charge is 0.453 e. The van der Waals surface area contributed by atoms with Gasteiger partial charge in [0.2, 0.25) is 6.79 Å². The van der Waals surface area contributed by atoms with E-state index in [1.165, 1.54) is 6.20 Å². The van der Waals surface area contributed by atoms with Gasteiger partial charge in [0, 0.05) is 29.7 Å². The molecule has 3 atom stereocenters. The molecule has 2 heterocycles. The van der Waals surface area contributed by atoms with E-state index in [1.807, 2.05) is 42.5 Å². The van der Waals surface area contributed by atoms with Crippen molar-refractivity contribution in [2.45, 2.75) is 44.9 Å². The Balaban J connectivity index is 1.45. The highest BCUT2D eigenvalue weighted by molar-refractivity contribution is 6.30. The Labute approximate surface area is 286 Å². The van der Waals surface area contributed by atoms with E-state index in [-0.39, 0.29) is 30.3 Å². The Morgan fingerprint density at radius 3 is 2.33 bits per heavy atom. The number of esters is 2. The van der Waals surface area contributed by atoms with Crippen molar-refractivity contribution in [2.75, 3.05) is 13.9 Å². The number of alkyl carbamates (subject to hydrolysis) is 1. The molecule has 14 nitrogen and oxygen atoms in total. The van der Waals surface area contributed by atoms with Crippen LogP contribution in [0.3, 0.4) is 0 Å². The summed E-state index contributed by atoms with van der Waals surface area (Å²) in [5, 5.41) is 19.2. The molecule has 0 aliphatic rings. The van der Waals surface area contributed by atoms with Crippen LogP contribution in [0.25, 0.3) is 16.9 Å². The summed E-state index contributed by atoms with van der Waals surface area (Å²) in [5.41, 5.74) is 1.99. The molecule has 0 bridgehead atoms. The molecule has 2 amide bonds. The quantitative estimate of drug-likeness (QED) is 0.112. The number of aromatic nitrogens is 3. The summed E-state index contributed by atoms with van der Waals surface area (Å²) < 4.78 is 15.6. The fourth-order valence-corrected chi connectivity index (χ4v) is 4.98. The normalized spacial score (nSPS) is 12.8. The van der Waals surface area contributed by atoms with E-state index in [0.717, 1.165) is 34.5 Å². The van der Waals surface area contributed by atoms with E-state index < -0.39 is 54.5 Å². The van der Waals surface area contributed by atoms with E-state index in [1.54, 1.807) is 38.1 Å². The summed E-state index contributed by atoms with van der Waals surface area (Å²) in [4.78, 5) is 66.7. The number of carbonyl (C=O) groups is 4. The maximum atomic E-state index is 13.3. The maximum absolute atomic E-state index is 13.3. The molecule has 4 N–H and O–H groups in total. The fraction of sp³-hybridized carbons (Fsp3) is 0.294. The van der Waals surface area contributed by atoms with Gasteiger partial charge in [-0.2, -0.15) is 0 Å². The lowest BCUT2D eigenvalue weighted by Crippen LogP contribution is -2.45. The number of H-pyrrole nitrogens is 1. The minimum Gasteiger partial charge on any atom is -0.453 e. The van der Waals surface area contributed by atoms with Crippen molar-refractivity contribution in [3.8, 4) is 16.9 Å². The smallest absolute Gasteiger partial charge is 0.407 e. The van der Waals surface area contributed by atoms with Gasteiger partial charge in [0.1, 0.15) is 11.7 Å². The monoisotopic (exact) mass is 693 g/mol. The van der Waals surface area contributed by atoms with E-state index in [4.69, 9.17) is 21.1 Å². The third-order valence-electron chi connectivity index (χ3n) is 7.33. The average molecular weight is 694 g/mol. The number of hydrogen-bond donors (Lipinski definition) is 4. The van der Waals surface area contributed by atoms with Crippen LogP contribution in [0.15, 0.2) is 83.8 Å². The zero-order valence-corrected chi connectivity index (χ0v) is 27.7. The Bertz CT molecular complexity index is 1810. The van der Waals surface area contributed by atoms with Crippen LogP contribution < -0.4 is 16.2 Å². The average Bonchev–Trinajstić information content (AvgIpc) is 3.49. The molecule has 2 aromatic heterocycles. The highest BCUT2D eigenvalue weighted by Gasteiger charge is 2.28. The highest BCUT2D eigenvalue weighted by Crippen LogP contribution is 2.23. The van der Waals surface area contributed by atoms with Gasteiger partial charge < -0.3 is 30.0 Å². The first-order valence-electron chi connectivity index (χ1n) is 15.2. The molecular formula is C34H36ClN5O9. The second-order valence-electron chi connectivity index (χ2n) is 11.3. The molecule has 0 fully saturated rings. The van der Waals surface area contributed by atoms with Crippen LogP contribution in [0.2, 0.25) is 5.02 Å². The summed E-state index contributed by atoms with van der Waals surface area (Å²) in [5.74, 6) is -2.74. The third kappa shape index (κ3) is 10.3. The molecule has 0 radical (unpaired) electrons. The minimum atomic E-state index is -1.74. The number of aliphatic hydroxyl groups excluding tert-OH is 1. The molecule has 49 heavy (non-hydrogen) atoms. The molecule has 4 rings (SSSR count). The van der Waals surface area contributed by atoms with Gasteiger partial charge in [0.25, 0.3) is 11.5 Å². The molecule has 15 heteroatoms. The van der Waals surface area contributed by atoms with Crippen molar-refractivity contribution >= 4 is 35.5 Å². The van der Waals surface area contributed by atoms with E-state index in [9.17, 15) is 29.1 Å². The number of aliphatic hydroxyl groups is 1. The Kier molecular flexibility index (Phi) is 12.7. The molecule has 0 aliphatic heterocycles. The topological polar surface area (TPSA) is 191 Å². The number of hydrogen-bond acceptors (Lipinski definition) is 10. The molecule has 0 saturated heterocycles. The summed E-state index contributed by atoms with van der Waals surface area (Å²) in [6.45, 7) is 2.51. The molecule has 0 saturated carbocycles. The van der Waals surface area contributed by atoms with Gasteiger partial charge in [-0.25, -0.2) is 24.0 Å². The summed E-state index contributed by atoms with van der Waals surface area (Å²) in [6, 6.07) is 19.0. The number of benzene rings is 2. The van der Waals surface area contributed by atoms with Crippen LogP contribution in [0.4, 0.5) is 4.79 Å². The Morgan fingerprint density at radius 2 is 1.67 bits per heavy atom. The highest BCUT2D eigenvalue weighted by atomic mass is 35.5. The molecule has 0 spiro atoms. The zero-order valence-electron chi connectivity index (χ0n) is 26.9. The first-order valence-corrected chi connectivity index (χ1v) is 15.6. The van der Waals surface area contributed by atoms with E-state index in [2.05, 4.69) is 25.5 Å². The molecule has 0 aliphatic carbocycles. The van der Waals surface area contributed by atoms with Crippen LogP contribution in [-0.4, -0.2) is 75.9 Å². The van der Waals surface area contributed by atoms with Crippen molar-refractivity contribution in [3.05, 3.63) is 106 Å². The lowest BCUT2D eigenvalue weighted by Gasteiger charge is -2.22. The number of nitrogens with one attached hydrogen (secondary N) is 3. The number of rotatable bonds is 14. The van der Waals surface area contributed by atoms with Gasteiger partial charge in [-0.05, 0) is 53.3 Å². The third-order valence-corrected chi connectivity index (χ3v) is 7.57. The van der Waals surface area contributed by atoms with Crippen LogP contribution in [-0.2, 0) is 30.2 Å². The molecule has 4 aromatic rings. The number of pyridine rings is 1. The second-order valence-corrected chi connectivity index (χ2v) is 11.7. The van der Waals surface area contributed by atoms with E-state index >= 15 is 0 Å². The predicted molar refractivity (Wildman–Crippen MR) is 178 cm³/mol. The number of halogens is 1. The zero-order chi connectivity index (χ0) is 35.5. The number of nitrogens with zero attached hydrogens (tertiary/aromatic N) is 2. The van der Waals surface area contributed by atoms with Crippen molar-refractivity contribution in [3.63, 3.8) is 0 Å². The van der Waals surface area contributed by atoms with Crippen LogP contribution in [0.5, 0.6) is 0 Å². The fourth-order valence-electron chi connectivity index (χ4n) is 4.79. The van der Waals surface area contributed by atoms with Gasteiger partial charge in [-0.1, -0.05) is 67.9 Å². The van der Waals surface area contributed by atoms with Crippen LogP contribution in [0.1, 0.15) is 36.3 Å². The maximum Gasteiger partial charge on any atom is 0.407 e. The summed E-state index contributed by atoms with van der Waals surface area (Å²) in [6.07, 6.45) is -1.19. The standard InChI is InChI=1S/C34H36ClN5O9/c1-20(2)30(38-34(46)47-3)33(45)49-19-48-32(44)27(41)17-25(15-21-10-12-22(13-11-21)23-7-6-8-24(35)16-23)37-31(43)26-18-29(42)40(39-26)28-9-4-5-14-36-28/h4-14,16,18,20,25,27,30,39,41H,15,17,19H2,1-3H3,(H,37,43)(H,38,46). The number of carbonyl (C=O) groups excluding carboxylic acids is 4. The summed E-state index contributed by atoms with van der Waals surface area (Å²) in [7, 11) is 1.14. The van der Waals surface area contributed by atoms with Gasteiger partial charge in [-0.3, -0.25) is 14.7 Å². The van der Waals surface area contributed by atoms with Crippen molar-refractivity contribution in [1.29, 1.82) is 0 Å². The van der Waals surface area contributed by atoms with Crippen LogP contribution in [0, 0.1) is 5.92 Å². The van der Waals surface area contributed by atoms with Gasteiger partial charge in [0.15, 0.2) is 11.9 Å². The summed E-state index contributed by atoms with van der Waals surface area (Å²) >= 11 is 6.14.